The van der Waals surface area contributed by atoms with Crippen molar-refractivity contribution < 1.29 is 24.2 Å². The van der Waals surface area contributed by atoms with Crippen molar-refractivity contribution in [3.8, 4) is 5.75 Å². The molecule has 0 aliphatic rings. The van der Waals surface area contributed by atoms with Gasteiger partial charge in [0.15, 0.2) is 0 Å². The summed E-state index contributed by atoms with van der Waals surface area (Å²) in [4.78, 5) is 37.5. The molecular weight excluding hydrogens is 434 g/mol. The highest BCUT2D eigenvalue weighted by atomic mass is 16.5. The summed E-state index contributed by atoms with van der Waals surface area (Å²) >= 11 is 0. The van der Waals surface area contributed by atoms with Gasteiger partial charge >= 0.3 is 11.9 Å². The lowest BCUT2D eigenvalue weighted by atomic mass is 10.1. The Labute approximate surface area is 198 Å². The number of aliphatic carboxylic acids is 1. The minimum atomic E-state index is -1.10. The number of allylic oxidation sites excluding steroid dienone is 3. The molecule has 0 bridgehead atoms. The molecule has 0 aliphatic carbocycles. The Kier molecular flexibility index (Phi) is 9.52. The van der Waals surface area contributed by atoms with E-state index in [2.05, 4.69) is 0 Å². The van der Waals surface area contributed by atoms with Gasteiger partial charge in [-0.2, -0.15) is 0 Å². The summed E-state index contributed by atoms with van der Waals surface area (Å²) in [5.41, 5.74) is 7.29. The van der Waals surface area contributed by atoms with Crippen molar-refractivity contribution in [3.63, 3.8) is 0 Å². The molecule has 34 heavy (non-hydrogen) atoms. The molecule has 8 nitrogen and oxygen atoms in total. The van der Waals surface area contributed by atoms with Gasteiger partial charge in [0, 0.05) is 17.7 Å². The SMILES string of the molecule is CC=CC=CCN(CC(=O)O)C(=O)C(C)=Cc1ccc(C(=O)Oc2ccc(C(=N)N)cc2)cc1. The van der Waals surface area contributed by atoms with Gasteiger partial charge in [-0.05, 0) is 61.9 Å². The molecule has 1 amide bonds. The fourth-order valence-corrected chi connectivity index (χ4v) is 2.91. The molecule has 2 aromatic rings. The average Bonchev–Trinajstić information content (AvgIpc) is 2.81. The summed E-state index contributed by atoms with van der Waals surface area (Å²) in [5, 5.41) is 16.5. The Hall–Kier alpha value is -4.46. The maximum atomic E-state index is 12.7. The fourth-order valence-electron chi connectivity index (χ4n) is 2.91. The first kappa shape index (κ1) is 25.8. The van der Waals surface area contributed by atoms with E-state index in [4.69, 9.17) is 21.0 Å². The largest absolute Gasteiger partial charge is 0.480 e. The standard InChI is InChI=1S/C26H27N3O5/c1-3-4-5-6-15-29(17-23(30)31)25(32)18(2)16-19-7-9-21(10-8-19)26(33)34-22-13-11-20(12-14-22)24(27)28/h3-14,16H,15,17H2,1-2H3,(H3,27,28)(H,30,31). The van der Waals surface area contributed by atoms with Crippen LogP contribution in [-0.4, -0.2) is 46.8 Å². The van der Waals surface area contributed by atoms with Gasteiger partial charge in [0.1, 0.15) is 18.1 Å². The van der Waals surface area contributed by atoms with Gasteiger partial charge in [-0.3, -0.25) is 15.0 Å². The fraction of sp³-hybridized carbons (Fsp3) is 0.154. The zero-order valence-electron chi connectivity index (χ0n) is 19.0. The number of esters is 1. The smallest absolute Gasteiger partial charge is 0.343 e. The van der Waals surface area contributed by atoms with E-state index in [1.807, 2.05) is 13.0 Å². The predicted molar refractivity (Wildman–Crippen MR) is 131 cm³/mol. The summed E-state index contributed by atoms with van der Waals surface area (Å²) < 4.78 is 5.32. The van der Waals surface area contributed by atoms with Gasteiger partial charge in [-0.1, -0.05) is 36.4 Å². The minimum Gasteiger partial charge on any atom is -0.480 e. The van der Waals surface area contributed by atoms with Crippen molar-refractivity contribution in [1.82, 2.24) is 4.90 Å². The van der Waals surface area contributed by atoms with E-state index >= 15 is 0 Å². The van der Waals surface area contributed by atoms with Crippen molar-refractivity contribution in [1.29, 1.82) is 5.41 Å². The summed E-state index contributed by atoms with van der Waals surface area (Å²) in [7, 11) is 0. The summed E-state index contributed by atoms with van der Waals surface area (Å²) in [6.45, 7) is 3.22. The molecule has 0 spiro atoms. The molecule has 0 saturated heterocycles. The number of amidine groups is 1. The molecule has 0 fully saturated rings. The van der Waals surface area contributed by atoms with E-state index in [1.165, 1.54) is 4.90 Å². The Morgan fingerprint density at radius 3 is 2.21 bits per heavy atom. The molecule has 0 atom stereocenters. The monoisotopic (exact) mass is 461 g/mol. The Bertz CT molecular complexity index is 1130. The number of carboxylic acid groups (broad SMARTS) is 1. The molecular formula is C26H27N3O5. The van der Waals surface area contributed by atoms with Crippen LogP contribution in [0.2, 0.25) is 0 Å². The predicted octanol–water partition coefficient (Wildman–Crippen LogP) is 3.64. The lowest BCUT2D eigenvalue weighted by molar-refractivity contribution is -0.142. The first-order valence-electron chi connectivity index (χ1n) is 10.4. The maximum Gasteiger partial charge on any atom is 0.343 e. The van der Waals surface area contributed by atoms with Crippen molar-refractivity contribution in [3.05, 3.63) is 95.1 Å². The van der Waals surface area contributed by atoms with Gasteiger partial charge in [-0.25, -0.2) is 4.79 Å². The number of amides is 1. The van der Waals surface area contributed by atoms with E-state index < -0.39 is 24.4 Å². The van der Waals surface area contributed by atoms with Crippen LogP contribution in [0, 0.1) is 5.41 Å². The number of hydrogen-bond acceptors (Lipinski definition) is 5. The van der Waals surface area contributed by atoms with Gasteiger partial charge in [0.25, 0.3) is 0 Å². The number of carbonyl (C=O) groups excluding carboxylic acids is 2. The average molecular weight is 462 g/mol. The number of rotatable bonds is 10. The number of nitrogen functional groups attached to an aromatic ring is 1. The van der Waals surface area contributed by atoms with Crippen LogP contribution in [0.3, 0.4) is 0 Å². The third kappa shape index (κ3) is 7.90. The van der Waals surface area contributed by atoms with E-state index in [-0.39, 0.29) is 12.4 Å². The van der Waals surface area contributed by atoms with Crippen LogP contribution >= 0.6 is 0 Å². The number of carbonyl (C=O) groups is 3. The number of nitrogens with one attached hydrogen (secondary N) is 1. The zero-order valence-corrected chi connectivity index (χ0v) is 19.0. The van der Waals surface area contributed by atoms with E-state index in [0.717, 1.165) is 0 Å². The van der Waals surface area contributed by atoms with Crippen LogP contribution < -0.4 is 10.5 Å². The van der Waals surface area contributed by atoms with Crippen molar-refractivity contribution >= 4 is 29.8 Å². The molecule has 0 unspecified atom stereocenters. The second-order valence-electron chi connectivity index (χ2n) is 7.31. The lowest BCUT2D eigenvalue weighted by Gasteiger charge is -2.19. The molecule has 0 heterocycles. The van der Waals surface area contributed by atoms with Gasteiger partial charge in [0.05, 0.1) is 5.56 Å². The first-order chi connectivity index (χ1) is 16.2. The molecule has 176 valence electrons. The Morgan fingerprint density at radius 1 is 1.03 bits per heavy atom. The number of carboxylic acids is 1. The van der Waals surface area contributed by atoms with E-state index in [1.54, 1.807) is 79.8 Å². The van der Waals surface area contributed by atoms with Crippen molar-refractivity contribution in [2.75, 3.05) is 13.1 Å². The number of nitrogens with two attached hydrogens (primary N) is 1. The molecule has 2 rings (SSSR count). The van der Waals surface area contributed by atoms with Crippen LogP contribution in [-0.2, 0) is 9.59 Å². The van der Waals surface area contributed by atoms with Crippen LogP contribution in [0.15, 0.2) is 78.4 Å². The highest BCUT2D eigenvalue weighted by Crippen LogP contribution is 2.16. The second-order valence-corrected chi connectivity index (χ2v) is 7.31. The number of benzene rings is 2. The van der Waals surface area contributed by atoms with Crippen LogP contribution in [0.1, 0.15) is 35.3 Å². The lowest BCUT2D eigenvalue weighted by Crippen LogP contribution is -2.36. The normalized spacial score (nSPS) is 11.5. The maximum absolute atomic E-state index is 12.7. The van der Waals surface area contributed by atoms with Crippen LogP contribution in [0.4, 0.5) is 0 Å². The number of ether oxygens (including phenoxy) is 1. The molecule has 0 saturated carbocycles. The molecule has 4 N–H and O–H groups in total. The van der Waals surface area contributed by atoms with Gasteiger partial charge < -0.3 is 20.5 Å². The highest BCUT2D eigenvalue weighted by Gasteiger charge is 2.17. The highest BCUT2D eigenvalue weighted by molar-refractivity contribution is 5.99. The number of nitrogens with zero attached hydrogens (tertiary/aromatic N) is 1. The van der Waals surface area contributed by atoms with Gasteiger partial charge in [0.2, 0.25) is 5.91 Å². The molecule has 0 aliphatic heterocycles. The summed E-state index contributed by atoms with van der Waals surface area (Å²) in [6, 6.07) is 12.8. The second kappa shape index (κ2) is 12.5. The van der Waals surface area contributed by atoms with Crippen LogP contribution in [0.5, 0.6) is 5.75 Å². The molecule has 0 aromatic heterocycles. The van der Waals surface area contributed by atoms with Gasteiger partial charge in [-0.15, -0.1) is 0 Å². The van der Waals surface area contributed by atoms with E-state index in [9.17, 15) is 14.4 Å². The zero-order chi connectivity index (χ0) is 25.1. The number of hydrogen-bond donors (Lipinski definition) is 3. The van der Waals surface area contributed by atoms with Crippen molar-refractivity contribution in [2.45, 2.75) is 13.8 Å². The summed E-state index contributed by atoms with van der Waals surface area (Å²) in [6.07, 6.45) is 8.70. The third-order valence-corrected chi connectivity index (χ3v) is 4.62. The minimum absolute atomic E-state index is 0.0773. The van der Waals surface area contributed by atoms with E-state index in [0.29, 0.717) is 28.0 Å². The molecule has 8 heteroatoms. The quantitative estimate of drug-likeness (QED) is 0.124. The summed E-state index contributed by atoms with van der Waals surface area (Å²) in [5.74, 6) is -1.81. The topological polar surface area (TPSA) is 134 Å². The van der Waals surface area contributed by atoms with Crippen LogP contribution in [0.25, 0.3) is 6.08 Å². The molecule has 0 radical (unpaired) electrons. The molecule has 2 aromatic carbocycles. The first-order valence-corrected chi connectivity index (χ1v) is 10.4. The third-order valence-electron chi connectivity index (χ3n) is 4.62. The van der Waals surface area contributed by atoms with Crippen molar-refractivity contribution in [2.24, 2.45) is 5.73 Å². The Balaban J connectivity index is 2.08. The Morgan fingerprint density at radius 2 is 1.65 bits per heavy atom.